The summed E-state index contributed by atoms with van der Waals surface area (Å²) in [7, 11) is 0. The van der Waals surface area contributed by atoms with Crippen LogP contribution in [-0.2, 0) is 0 Å². The van der Waals surface area contributed by atoms with Crippen LogP contribution in [0.5, 0.6) is 0 Å². The molecule has 0 aliphatic rings. The van der Waals surface area contributed by atoms with Gasteiger partial charge in [0.2, 0.25) is 0 Å². The topological polar surface area (TPSA) is 38.7 Å². The lowest BCUT2D eigenvalue weighted by Crippen LogP contribution is -2.00. The second-order valence-electron chi connectivity index (χ2n) is 13.6. The maximum absolute atomic E-state index is 5.35. The fourth-order valence-electron chi connectivity index (χ4n) is 7.91. The van der Waals surface area contributed by atoms with E-state index in [0.29, 0.717) is 17.5 Å². The second kappa shape index (κ2) is 11.9. The number of nitrogens with zero attached hydrogens (tertiary/aromatic N) is 3. The van der Waals surface area contributed by atoms with Crippen LogP contribution in [0.4, 0.5) is 0 Å². The molecule has 9 aromatic carbocycles. The molecule has 0 bridgehead atoms. The number of thiophene rings is 1. The Morgan fingerprint density at radius 3 is 1.62 bits per heavy atom. The van der Waals surface area contributed by atoms with E-state index in [4.69, 9.17) is 15.0 Å². The first kappa shape index (κ1) is 29.9. The minimum Gasteiger partial charge on any atom is -0.208 e. The smallest absolute Gasteiger partial charge is 0.164 e. The molecule has 0 unspecified atom stereocenters. The van der Waals surface area contributed by atoms with Crippen LogP contribution in [0, 0.1) is 0 Å². The summed E-state index contributed by atoms with van der Waals surface area (Å²) in [6.45, 7) is 0. The van der Waals surface area contributed by atoms with Crippen LogP contribution in [0.1, 0.15) is 0 Å². The van der Waals surface area contributed by atoms with E-state index in [1.165, 1.54) is 69.0 Å². The zero-order valence-corrected chi connectivity index (χ0v) is 29.3. The van der Waals surface area contributed by atoms with E-state index in [9.17, 15) is 0 Å². The summed E-state index contributed by atoms with van der Waals surface area (Å²) in [5.74, 6) is 1.97. The third-order valence-corrected chi connectivity index (χ3v) is 11.6. The van der Waals surface area contributed by atoms with E-state index in [1.807, 2.05) is 29.5 Å². The molecule has 0 fully saturated rings. The van der Waals surface area contributed by atoms with Crippen molar-refractivity contribution in [1.82, 2.24) is 15.0 Å². The third kappa shape index (κ3) is 4.91. The lowest BCUT2D eigenvalue weighted by molar-refractivity contribution is 1.08. The van der Waals surface area contributed by atoms with Crippen molar-refractivity contribution in [2.45, 2.75) is 0 Å². The molecule has 11 rings (SSSR count). The molecule has 0 aliphatic carbocycles. The molecule has 0 N–H and O–H groups in total. The second-order valence-corrected chi connectivity index (χ2v) is 14.6. The first-order valence-electron chi connectivity index (χ1n) is 17.9. The average molecular weight is 692 g/mol. The zero-order chi connectivity index (χ0) is 34.9. The largest absolute Gasteiger partial charge is 0.208 e. The fourth-order valence-corrected chi connectivity index (χ4v) is 9.22. The molecule has 2 aromatic heterocycles. The zero-order valence-electron chi connectivity index (χ0n) is 28.5. The quantitative estimate of drug-likeness (QED) is 0.172. The van der Waals surface area contributed by atoms with E-state index < -0.39 is 0 Å². The highest BCUT2D eigenvalue weighted by Crippen LogP contribution is 2.48. The number of benzene rings is 9. The standard InChI is InChI=1S/C49H29N3S/c1-3-11-30(12-4-1)35-22-19-31-20-24-37(28-38(31)27-35)48-50-47(34-15-5-2-6-16-34)51-49(52-48)41-29-36-23-21-32-13-7-9-17-39(32)43(36)46-45(41)44-40-18-10-8-14-33(40)25-26-42(44)53-46/h1-29H. The average Bonchev–Trinajstić information content (AvgIpc) is 3.64. The lowest BCUT2D eigenvalue weighted by atomic mass is 9.94. The summed E-state index contributed by atoms with van der Waals surface area (Å²) in [6, 6.07) is 62.6. The summed E-state index contributed by atoms with van der Waals surface area (Å²) in [4.78, 5) is 15.8. The minimum absolute atomic E-state index is 0.650. The van der Waals surface area contributed by atoms with Crippen LogP contribution in [0.3, 0.4) is 0 Å². The van der Waals surface area contributed by atoms with Gasteiger partial charge >= 0.3 is 0 Å². The number of rotatable bonds is 4. The Bertz CT molecular complexity index is 3220. The summed E-state index contributed by atoms with van der Waals surface area (Å²) in [5.41, 5.74) is 5.29. The number of aromatic nitrogens is 3. The Labute approximate surface area is 309 Å². The molecule has 0 saturated heterocycles. The van der Waals surface area contributed by atoms with Gasteiger partial charge in [-0.2, -0.15) is 0 Å². The minimum atomic E-state index is 0.650. The monoisotopic (exact) mass is 691 g/mol. The van der Waals surface area contributed by atoms with Crippen molar-refractivity contribution >= 4 is 74.6 Å². The van der Waals surface area contributed by atoms with Gasteiger partial charge in [0.25, 0.3) is 0 Å². The fraction of sp³-hybridized carbons (Fsp3) is 0. The van der Waals surface area contributed by atoms with Crippen molar-refractivity contribution < 1.29 is 0 Å². The first-order chi connectivity index (χ1) is 26.2. The Morgan fingerprint density at radius 1 is 0.321 bits per heavy atom. The highest BCUT2D eigenvalue weighted by atomic mass is 32.1. The van der Waals surface area contributed by atoms with Crippen LogP contribution in [0.25, 0.3) is 109 Å². The Morgan fingerprint density at radius 2 is 0.868 bits per heavy atom. The van der Waals surface area contributed by atoms with Crippen molar-refractivity contribution in [1.29, 1.82) is 0 Å². The van der Waals surface area contributed by atoms with Crippen molar-refractivity contribution in [3.63, 3.8) is 0 Å². The van der Waals surface area contributed by atoms with Crippen LogP contribution in [0.2, 0.25) is 0 Å². The first-order valence-corrected chi connectivity index (χ1v) is 18.7. The van der Waals surface area contributed by atoms with Crippen LogP contribution < -0.4 is 0 Å². The van der Waals surface area contributed by atoms with Crippen LogP contribution in [-0.4, -0.2) is 15.0 Å². The molecule has 0 radical (unpaired) electrons. The van der Waals surface area contributed by atoms with E-state index in [0.717, 1.165) is 22.1 Å². The molecule has 0 spiro atoms. The van der Waals surface area contributed by atoms with E-state index in [2.05, 4.69) is 158 Å². The van der Waals surface area contributed by atoms with Gasteiger partial charge < -0.3 is 0 Å². The molecule has 53 heavy (non-hydrogen) atoms. The van der Waals surface area contributed by atoms with Gasteiger partial charge in [-0.05, 0) is 73.1 Å². The van der Waals surface area contributed by atoms with Crippen molar-refractivity contribution in [3.8, 4) is 45.3 Å². The number of hydrogen-bond donors (Lipinski definition) is 0. The molecule has 2 heterocycles. The third-order valence-electron chi connectivity index (χ3n) is 10.5. The number of fused-ring (bicyclic) bond motifs is 10. The lowest BCUT2D eigenvalue weighted by Gasteiger charge is -2.13. The molecule has 4 heteroatoms. The van der Waals surface area contributed by atoms with Crippen molar-refractivity contribution in [3.05, 3.63) is 176 Å². The van der Waals surface area contributed by atoms with Gasteiger partial charge in [0, 0.05) is 42.2 Å². The molecule has 0 amide bonds. The van der Waals surface area contributed by atoms with Crippen molar-refractivity contribution in [2.75, 3.05) is 0 Å². The summed E-state index contributed by atoms with van der Waals surface area (Å²) in [5, 5.41) is 12.1. The maximum atomic E-state index is 5.35. The van der Waals surface area contributed by atoms with Gasteiger partial charge in [-0.1, -0.05) is 152 Å². The highest BCUT2D eigenvalue weighted by molar-refractivity contribution is 7.27. The van der Waals surface area contributed by atoms with E-state index >= 15 is 0 Å². The molecular formula is C49H29N3S. The predicted octanol–water partition coefficient (Wildman–Crippen LogP) is 13.5. The van der Waals surface area contributed by atoms with Gasteiger partial charge in [0.05, 0.1) is 0 Å². The molecule has 246 valence electrons. The predicted molar refractivity (Wildman–Crippen MR) is 224 cm³/mol. The van der Waals surface area contributed by atoms with Gasteiger partial charge in [0.1, 0.15) is 0 Å². The SMILES string of the molecule is c1ccc(-c2ccc3ccc(-c4nc(-c5ccccc5)nc(-c5cc6ccc7ccccc7c6c6sc7ccc8ccccc8c7c56)n4)cc3c2)cc1. The molecule has 0 saturated carbocycles. The highest BCUT2D eigenvalue weighted by Gasteiger charge is 2.21. The van der Waals surface area contributed by atoms with Crippen molar-refractivity contribution in [2.24, 2.45) is 0 Å². The summed E-state index contributed by atoms with van der Waals surface area (Å²) < 4.78 is 2.50. The van der Waals surface area contributed by atoms with E-state index in [1.54, 1.807) is 0 Å². The normalized spacial score (nSPS) is 11.8. The Balaban J connectivity index is 1.22. The van der Waals surface area contributed by atoms with Gasteiger partial charge in [-0.25, -0.2) is 15.0 Å². The van der Waals surface area contributed by atoms with Gasteiger partial charge in [0.15, 0.2) is 17.5 Å². The van der Waals surface area contributed by atoms with E-state index in [-0.39, 0.29) is 0 Å². The number of hydrogen-bond acceptors (Lipinski definition) is 4. The molecule has 0 aliphatic heterocycles. The van der Waals surface area contributed by atoms with Crippen LogP contribution >= 0.6 is 11.3 Å². The van der Waals surface area contributed by atoms with Gasteiger partial charge in [-0.15, -0.1) is 11.3 Å². The maximum Gasteiger partial charge on any atom is 0.164 e. The molecule has 3 nitrogen and oxygen atoms in total. The molecule has 11 aromatic rings. The molecule has 0 atom stereocenters. The van der Waals surface area contributed by atoms with Gasteiger partial charge in [-0.3, -0.25) is 0 Å². The Kier molecular flexibility index (Phi) is 6.73. The van der Waals surface area contributed by atoms with Crippen LogP contribution in [0.15, 0.2) is 176 Å². The summed E-state index contributed by atoms with van der Waals surface area (Å²) in [6.07, 6.45) is 0. The Hall–Kier alpha value is -6.75. The summed E-state index contributed by atoms with van der Waals surface area (Å²) >= 11 is 1.86. The molecular weight excluding hydrogens is 663 g/mol.